The predicted octanol–water partition coefficient (Wildman–Crippen LogP) is 6.18. The zero-order valence-corrected chi connectivity index (χ0v) is 13.2. The second kappa shape index (κ2) is 5.86. The van der Waals surface area contributed by atoms with Gasteiger partial charge >= 0.3 is 0 Å². The molecule has 100 valence electrons. The van der Waals surface area contributed by atoms with E-state index < -0.39 is 0 Å². The summed E-state index contributed by atoms with van der Waals surface area (Å²) in [5.74, 6) is 0. The molecular formula is C18H16S2. The van der Waals surface area contributed by atoms with Crippen LogP contribution in [0.25, 0.3) is 10.4 Å². The van der Waals surface area contributed by atoms with Crippen LogP contribution in [0.4, 0.5) is 0 Å². The Balaban J connectivity index is 1.84. The van der Waals surface area contributed by atoms with Crippen molar-refractivity contribution in [1.82, 2.24) is 0 Å². The number of hydrogen-bond donors (Lipinski definition) is 0. The lowest BCUT2D eigenvalue weighted by atomic mass is 10.1. The molecule has 0 fully saturated rings. The van der Waals surface area contributed by atoms with Crippen LogP contribution in [0.5, 0.6) is 0 Å². The lowest BCUT2D eigenvalue weighted by Gasteiger charge is -2.03. The third-order valence-electron chi connectivity index (χ3n) is 3.33. The Bertz CT molecular complexity index is 711. The molecule has 0 bridgehead atoms. The standard InChI is InChI=1S/C18H16S2/c1-13-8-9-15(12-14(13)2)17-10-11-18(20-17)19-16-6-4-3-5-7-16/h3-12H,1-2H3. The number of rotatable bonds is 3. The highest BCUT2D eigenvalue weighted by atomic mass is 32.2. The molecular weight excluding hydrogens is 280 g/mol. The Hall–Kier alpha value is -1.51. The summed E-state index contributed by atoms with van der Waals surface area (Å²) >= 11 is 3.69. The van der Waals surface area contributed by atoms with Gasteiger partial charge in [0.25, 0.3) is 0 Å². The summed E-state index contributed by atoms with van der Waals surface area (Å²) in [6.45, 7) is 4.33. The molecule has 0 atom stereocenters. The minimum Gasteiger partial charge on any atom is -0.128 e. The lowest BCUT2D eigenvalue weighted by molar-refractivity contribution is 1.34. The van der Waals surface area contributed by atoms with Crippen LogP contribution in [0.1, 0.15) is 11.1 Å². The van der Waals surface area contributed by atoms with Crippen molar-refractivity contribution in [1.29, 1.82) is 0 Å². The van der Waals surface area contributed by atoms with E-state index in [0.29, 0.717) is 0 Å². The normalized spacial score (nSPS) is 10.7. The van der Waals surface area contributed by atoms with Gasteiger partial charge in [-0.15, -0.1) is 11.3 Å². The van der Waals surface area contributed by atoms with Gasteiger partial charge in [0, 0.05) is 9.77 Å². The molecule has 0 spiro atoms. The molecule has 0 unspecified atom stereocenters. The molecule has 0 saturated heterocycles. The van der Waals surface area contributed by atoms with E-state index in [2.05, 4.69) is 74.5 Å². The minimum absolute atomic E-state index is 1.29. The molecule has 0 aliphatic rings. The van der Waals surface area contributed by atoms with Gasteiger partial charge in [-0.05, 0) is 54.8 Å². The first kappa shape index (κ1) is 13.5. The van der Waals surface area contributed by atoms with E-state index in [-0.39, 0.29) is 0 Å². The second-order valence-electron chi connectivity index (χ2n) is 4.83. The SMILES string of the molecule is Cc1ccc(-c2ccc(Sc3ccccc3)s2)cc1C. The van der Waals surface area contributed by atoms with Crippen molar-refractivity contribution < 1.29 is 0 Å². The molecule has 0 saturated carbocycles. The Morgan fingerprint density at radius 2 is 1.60 bits per heavy atom. The summed E-state index contributed by atoms with van der Waals surface area (Å²) in [6.07, 6.45) is 0. The highest BCUT2D eigenvalue weighted by Gasteiger charge is 2.05. The van der Waals surface area contributed by atoms with Gasteiger partial charge in [-0.2, -0.15) is 0 Å². The molecule has 3 aromatic rings. The van der Waals surface area contributed by atoms with E-state index in [1.807, 2.05) is 23.1 Å². The molecule has 3 rings (SSSR count). The van der Waals surface area contributed by atoms with Gasteiger partial charge in [0.15, 0.2) is 0 Å². The lowest BCUT2D eigenvalue weighted by Crippen LogP contribution is -1.80. The highest BCUT2D eigenvalue weighted by Crippen LogP contribution is 2.37. The fraction of sp³-hybridized carbons (Fsp3) is 0.111. The highest BCUT2D eigenvalue weighted by molar-refractivity contribution is 8.01. The van der Waals surface area contributed by atoms with Gasteiger partial charge in [0.2, 0.25) is 0 Å². The van der Waals surface area contributed by atoms with Crippen LogP contribution in [-0.2, 0) is 0 Å². The van der Waals surface area contributed by atoms with Crippen LogP contribution in [0, 0.1) is 13.8 Å². The largest absolute Gasteiger partial charge is 0.128 e. The van der Waals surface area contributed by atoms with Crippen LogP contribution >= 0.6 is 23.1 Å². The third-order valence-corrected chi connectivity index (χ3v) is 5.61. The van der Waals surface area contributed by atoms with E-state index in [1.54, 1.807) is 0 Å². The maximum Gasteiger partial charge on any atom is 0.0652 e. The van der Waals surface area contributed by atoms with Crippen molar-refractivity contribution >= 4 is 23.1 Å². The summed E-state index contributed by atoms with van der Waals surface area (Å²) in [5.41, 5.74) is 4.02. The maximum atomic E-state index is 2.28. The van der Waals surface area contributed by atoms with Crippen molar-refractivity contribution in [2.24, 2.45) is 0 Å². The molecule has 0 radical (unpaired) electrons. The van der Waals surface area contributed by atoms with E-state index in [0.717, 1.165) is 0 Å². The van der Waals surface area contributed by atoms with Gasteiger partial charge in [-0.3, -0.25) is 0 Å². The van der Waals surface area contributed by atoms with Crippen molar-refractivity contribution in [2.75, 3.05) is 0 Å². The summed E-state index contributed by atoms with van der Waals surface area (Å²) in [6, 6.07) is 21.7. The molecule has 1 heterocycles. The fourth-order valence-electron chi connectivity index (χ4n) is 2.03. The van der Waals surface area contributed by atoms with E-state index >= 15 is 0 Å². The van der Waals surface area contributed by atoms with Crippen LogP contribution < -0.4 is 0 Å². The van der Waals surface area contributed by atoms with Crippen molar-refractivity contribution in [3.8, 4) is 10.4 Å². The topological polar surface area (TPSA) is 0 Å². The minimum atomic E-state index is 1.29. The maximum absolute atomic E-state index is 2.28. The van der Waals surface area contributed by atoms with Crippen molar-refractivity contribution in [2.45, 2.75) is 23.0 Å². The Labute approximate surface area is 128 Å². The third kappa shape index (κ3) is 2.97. The van der Waals surface area contributed by atoms with Crippen molar-refractivity contribution in [3.05, 3.63) is 71.8 Å². The first-order chi connectivity index (χ1) is 9.72. The summed E-state index contributed by atoms with van der Waals surface area (Å²) < 4.78 is 1.34. The molecule has 0 aliphatic carbocycles. The van der Waals surface area contributed by atoms with Crippen LogP contribution in [0.3, 0.4) is 0 Å². The molecule has 20 heavy (non-hydrogen) atoms. The van der Waals surface area contributed by atoms with Gasteiger partial charge in [-0.25, -0.2) is 0 Å². The zero-order valence-electron chi connectivity index (χ0n) is 11.6. The second-order valence-corrected chi connectivity index (χ2v) is 7.29. The number of thiophene rings is 1. The number of hydrogen-bond acceptors (Lipinski definition) is 2. The van der Waals surface area contributed by atoms with Gasteiger partial charge in [0.05, 0.1) is 4.21 Å². The quantitative estimate of drug-likeness (QED) is 0.556. The molecule has 2 aromatic carbocycles. The average Bonchev–Trinajstić information content (AvgIpc) is 2.91. The van der Waals surface area contributed by atoms with Crippen LogP contribution in [0.2, 0.25) is 0 Å². The predicted molar refractivity (Wildman–Crippen MR) is 89.8 cm³/mol. The van der Waals surface area contributed by atoms with E-state index in [9.17, 15) is 0 Å². The zero-order chi connectivity index (χ0) is 13.9. The van der Waals surface area contributed by atoms with E-state index in [4.69, 9.17) is 0 Å². The molecule has 0 aliphatic heterocycles. The van der Waals surface area contributed by atoms with Gasteiger partial charge < -0.3 is 0 Å². The molecule has 0 nitrogen and oxygen atoms in total. The van der Waals surface area contributed by atoms with Gasteiger partial charge in [0.1, 0.15) is 0 Å². The van der Waals surface area contributed by atoms with E-state index in [1.165, 1.54) is 30.7 Å². The Morgan fingerprint density at radius 1 is 0.800 bits per heavy atom. The summed E-state index contributed by atoms with van der Waals surface area (Å²) in [4.78, 5) is 2.63. The molecule has 0 amide bonds. The van der Waals surface area contributed by atoms with Crippen LogP contribution in [0.15, 0.2) is 69.8 Å². The first-order valence-electron chi connectivity index (χ1n) is 6.63. The monoisotopic (exact) mass is 296 g/mol. The van der Waals surface area contributed by atoms with Crippen molar-refractivity contribution in [3.63, 3.8) is 0 Å². The fourth-order valence-corrected chi connectivity index (χ4v) is 4.15. The smallest absolute Gasteiger partial charge is 0.0652 e. The molecule has 2 heteroatoms. The Morgan fingerprint density at radius 3 is 2.35 bits per heavy atom. The molecule has 0 N–H and O–H groups in total. The number of aryl methyl sites for hydroxylation is 2. The molecule has 1 aromatic heterocycles. The summed E-state index contributed by atoms with van der Waals surface area (Å²) in [5, 5.41) is 0. The van der Waals surface area contributed by atoms with Gasteiger partial charge in [-0.1, -0.05) is 48.2 Å². The van der Waals surface area contributed by atoms with Crippen LogP contribution in [-0.4, -0.2) is 0 Å². The number of benzene rings is 2. The first-order valence-corrected chi connectivity index (χ1v) is 8.26. The average molecular weight is 296 g/mol. The Kier molecular flexibility index (Phi) is 3.95. The summed E-state index contributed by atoms with van der Waals surface area (Å²) in [7, 11) is 0.